The van der Waals surface area contributed by atoms with E-state index >= 15 is 0 Å². The molecular formula is C14H20N4O. The summed E-state index contributed by atoms with van der Waals surface area (Å²) in [6.07, 6.45) is 0.822. The Kier molecular flexibility index (Phi) is 4.04. The van der Waals surface area contributed by atoms with Gasteiger partial charge < -0.3 is 10.5 Å². The van der Waals surface area contributed by atoms with E-state index in [1.165, 1.54) is 5.56 Å². The van der Waals surface area contributed by atoms with Gasteiger partial charge in [0.15, 0.2) is 5.82 Å². The van der Waals surface area contributed by atoms with E-state index in [-0.39, 0.29) is 0 Å². The first kappa shape index (κ1) is 13.4. The lowest BCUT2D eigenvalue weighted by Gasteiger charge is -2.10. The molecule has 0 bridgehead atoms. The molecule has 1 aromatic carbocycles. The van der Waals surface area contributed by atoms with Crippen molar-refractivity contribution in [3.63, 3.8) is 0 Å². The molecule has 0 saturated heterocycles. The van der Waals surface area contributed by atoms with Crippen LogP contribution in [0.1, 0.15) is 23.7 Å². The summed E-state index contributed by atoms with van der Waals surface area (Å²) in [7, 11) is 0. The number of nitrogen functional groups attached to an aromatic ring is 1. The Morgan fingerprint density at radius 3 is 2.84 bits per heavy atom. The van der Waals surface area contributed by atoms with Crippen molar-refractivity contribution in [3.8, 4) is 5.75 Å². The highest BCUT2D eigenvalue weighted by Crippen LogP contribution is 2.19. The van der Waals surface area contributed by atoms with Gasteiger partial charge in [-0.1, -0.05) is 24.3 Å². The van der Waals surface area contributed by atoms with E-state index in [2.05, 4.69) is 29.4 Å². The molecule has 0 aliphatic rings. The van der Waals surface area contributed by atoms with E-state index in [4.69, 9.17) is 10.5 Å². The lowest BCUT2D eigenvalue weighted by molar-refractivity contribution is 0.286. The van der Waals surface area contributed by atoms with E-state index in [9.17, 15) is 0 Å². The first-order chi connectivity index (χ1) is 9.11. The summed E-state index contributed by atoms with van der Waals surface area (Å²) in [6, 6.07) is 6.19. The number of aryl methyl sites for hydroxylation is 2. The maximum atomic E-state index is 5.80. The minimum absolute atomic E-state index is 0.509. The van der Waals surface area contributed by atoms with Crippen LogP contribution in [0.2, 0.25) is 0 Å². The van der Waals surface area contributed by atoms with E-state index in [1.54, 1.807) is 4.68 Å². The number of nitrogens with zero attached hydrogens (tertiary/aromatic N) is 3. The molecule has 2 N–H and O–H groups in total. The maximum absolute atomic E-state index is 5.80. The van der Waals surface area contributed by atoms with Crippen molar-refractivity contribution in [1.29, 1.82) is 0 Å². The summed E-state index contributed by atoms with van der Waals surface area (Å²) in [5.41, 5.74) is 9.04. The SMILES string of the molecule is CCc1c(N)nnn1CCOc1cc(C)ccc1C. The first-order valence-corrected chi connectivity index (χ1v) is 6.49. The molecule has 0 aliphatic carbocycles. The molecule has 2 aromatic rings. The normalized spacial score (nSPS) is 10.7. The topological polar surface area (TPSA) is 66.0 Å². The summed E-state index contributed by atoms with van der Waals surface area (Å²) in [6.45, 7) is 7.34. The lowest BCUT2D eigenvalue weighted by Crippen LogP contribution is -2.12. The van der Waals surface area contributed by atoms with Crippen LogP contribution in [0.4, 0.5) is 5.82 Å². The predicted molar refractivity (Wildman–Crippen MR) is 75.2 cm³/mol. The summed E-state index contributed by atoms with van der Waals surface area (Å²) < 4.78 is 7.61. The lowest BCUT2D eigenvalue weighted by atomic mass is 10.1. The molecule has 0 fully saturated rings. The highest BCUT2D eigenvalue weighted by molar-refractivity contribution is 5.36. The zero-order valence-electron chi connectivity index (χ0n) is 11.7. The van der Waals surface area contributed by atoms with Crippen LogP contribution < -0.4 is 10.5 Å². The molecule has 0 aliphatic heterocycles. The van der Waals surface area contributed by atoms with Crippen molar-refractivity contribution in [3.05, 3.63) is 35.0 Å². The Hall–Kier alpha value is -2.04. The van der Waals surface area contributed by atoms with Crippen LogP contribution in [-0.4, -0.2) is 21.6 Å². The quantitative estimate of drug-likeness (QED) is 0.894. The van der Waals surface area contributed by atoms with Gasteiger partial charge in [-0.2, -0.15) is 0 Å². The molecule has 0 atom stereocenters. The number of hydrogen-bond donors (Lipinski definition) is 1. The van der Waals surface area contributed by atoms with Gasteiger partial charge in [0.25, 0.3) is 0 Å². The van der Waals surface area contributed by atoms with Crippen molar-refractivity contribution in [2.45, 2.75) is 33.7 Å². The van der Waals surface area contributed by atoms with E-state index in [1.807, 2.05) is 19.9 Å². The Bertz CT molecular complexity index is 563. The average molecular weight is 260 g/mol. The van der Waals surface area contributed by atoms with Crippen molar-refractivity contribution in [1.82, 2.24) is 15.0 Å². The number of anilines is 1. The van der Waals surface area contributed by atoms with Gasteiger partial charge in [0.05, 0.1) is 12.2 Å². The fourth-order valence-corrected chi connectivity index (χ4v) is 1.99. The summed E-state index contributed by atoms with van der Waals surface area (Å²) in [5.74, 6) is 1.43. The van der Waals surface area contributed by atoms with Gasteiger partial charge in [-0.25, -0.2) is 4.68 Å². The Labute approximate surface area is 113 Å². The molecule has 19 heavy (non-hydrogen) atoms. The van der Waals surface area contributed by atoms with Crippen molar-refractivity contribution in [2.75, 3.05) is 12.3 Å². The standard InChI is InChI=1S/C14H20N4O/c1-4-12-14(15)16-17-18(12)7-8-19-13-9-10(2)5-6-11(13)3/h5-6,9H,4,7-8,15H2,1-3H3. The van der Waals surface area contributed by atoms with Crippen LogP contribution in [0.25, 0.3) is 0 Å². The highest BCUT2D eigenvalue weighted by atomic mass is 16.5. The second-order valence-electron chi connectivity index (χ2n) is 4.62. The second kappa shape index (κ2) is 5.73. The van der Waals surface area contributed by atoms with Crippen molar-refractivity contribution in [2.24, 2.45) is 0 Å². The zero-order chi connectivity index (χ0) is 13.8. The molecule has 1 heterocycles. The molecule has 5 nitrogen and oxygen atoms in total. The number of rotatable bonds is 5. The Morgan fingerprint density at radius 1 is 1.32 bits per heavy atom. The molecule has 0 amide bonds. The van der Waals surface area contributed by atoms with Crippen molar-refractivity contribution >= 4 is 5.82 Å². The number of hydrogen-bond acceptors (Lipinski definition) is 4. The van der Waals surface area contributed by atoms with Crippen LogP contribution >= 0.6 is 0 Å². The molecular weight excluding hydrogens is 240 g/mol. The predicted octanol–water partition coefficient (Wildman–Crippen LogP) is 2.12. The molecule has 0 saturated carbocycles. The van der Waals surface area contributed by atoms with Crippen LogP contribution in [0, 0.1) is 13.8 Å². The fourth-order valence-electron chi connectivity index (χ4n) is 1.99. The fraction of sp³-hybridized carbons (Fsp3) is 0.429. The highest BCUT2D eigenvalue weighted by Gasteiger charge is 2.08. The number of ether oxygens (including phenoxy) is 1. The van der Waals surface area contributed by atoms with Gasteiger partial charge in [-0.15, -0.1) is 5.10 Å². The van der Waals surface area contributed by atoms with Gasteiger partial charge in [0.1, 0.15) is 12.4 Å². The molecule has 102 valence electrons. The second-order valence-corrected chi connectivity index (χ2v) is 4.62. The number of nitrogens with two attached hydrogens (primary N) is 1. The minimum atomic E-state index is 0.509. The average Bonchev–Trinajstić information content (AvgIpc) is 2.74. The molecule has 1 aromatic heterocycles. The largest absolute Gasteiger partial charge is 0.491 e. The van der Waals surface area contributed by atoms with Crippen LogP contribution in [-0.2, 0) is 13.0 Å². The van der Waals surface area contributed by atoms with Crippen molar-refractivity contribution < 1.29 is 4.74 Å². The maximum Gasteiger partial charge on any atom is 0.169 e. The summed E-state index contributed by atoms with van der Waals surface area (Å²) in [5, 5.41) is 7.90. The molecule has 0 radical (unpaired) electrons. The molecule has 0 unspecified atom stereocenters. The van der Waals surface area contributed by atoms with Gasteiger partial charge in [0.2, 0.25) is 0 Å². The van der Waals surface area contributed by atoms with Gasteiger partial charge in [0, 0.05) is 0 Å². The van der Waals surface area contributed by atoms with Gasteiger partial charge >= 0.3 is 0 Å². The van der Waals surface area contributed by atoms with Crippen LogP contribution in [0.15, 0.2) is 18.2 Å². The monoisotopic (exact) mass is 260 g/mol. The van der Waals surface area contributed by atoms with E-state index in [0.717, 1.165) is 23.4 Å². The third-order valence-electron chi connectivity index (χ3n) is 3.11. The number of benzene rings is 1. The molecule has 2 rings (SSSR count). The first-order valence-electron chi connectivity index (χ1n) is 6.49. The summed E-state index contributed by atoms with van der Waals surface area (Å²) in [4.78, 5) is 0. The third kappa shape index (κ3) is 3.05. The van der Waals surface area contributed by atoms with Crippen LogP contribution in [0.3, 0.4) is 0 Å². The van der Waals surface area contributed by atoms with E-state index in [0.29, 0.717) is 19.0 Å². The van der Waals surface area contributed by atoms with Gasteiger partial charge in [-0.05, 0) is 37.5 Å². The Balaban J connectivity index is 1.98. The molecule has 0 spiro atoms. The number of aromatic nitrogens is 3. The smallest absolute Gasteiger partial charge is 0.169 e. The van der Waals surface area contributed by atoms with Crippen LogP contribution in [0.5, 0.6) is 5.75 Å². The van der Waals surface area contributed by atoms with Gasteiger partial charge in [-0.3, -0.25) is 0 Å². The zero-order valence-corrected chi connectivity index (χ0v) is 11.7. The van der Waals surface area contributed by atoms with E-state index < -0.39 is 0 Å². The minimum Gasteiger partial charge on any atom is -0.491 e. The third-order valence-corrected chi connectivity index (χ3v) is 3.11. The summed E-state index contributed by atoms with van der Waals surface area (Å²) >= 11 is 0. The molecule has 5 heteroatoms. The Morgan fingerprint density at radius 2 is 2.11 bits per heavy atom.